The third-order valence-electron chi connectivity index (χ3n) is 2.86. The van der Waals surface area contributed by atoms with Crippen LogP contribution in [-0.2, 0) is 6.42 Å². The summed E-state index contributed by atoms with van der Waals surface area (Å²) in [4.78, 5) is 5.62. The second-order valence-electron chi connectivity index (χ2n) is 4.20. The lowest BCUT2D eigenvalue weighted by molar-refractivity contribution is 1.21. The Bertz CT molecular complexity index is 655. The van der Waals surface area contributed by atoms with E-state index in [1.54, 1.807) is 11.3 Å². The fourth-order valence-electron chi connectivity index (χ4n) is 2.04. The number of aromatic nitrogens is 1. The monoisotopic (exact) mass is 239 g/mol. The van der Waals surface area contributed by atoms with E-state index < -0.39 is 0 Å². The van der Waals surface area contributed by atoms with E-state index in [2.05, 4.69) is 54.4 Å². The highest BCUT2D eigenvalue weighted by molar-refractivity contribution is 7.11. The molecule has 0 aliphatic rings. The van der Waals surface area contributed by atoms with Crippen LogP contribution in [0.3, 0.4) is 0 Å². The van der Waals surface area contributed by atoms with Gasteiger partial charge in [-0.15, -0.1) is 11.3 Å². The maximum atomic E-state index is 4.29. The molecule has 1 aromatic heterocycles. The van der Waals surface area contributed by atoms with Gasteiger partial charge < -0.3 is 0 Å². The van der Waals surface area contributed by atoms with Crippen LogP contribution in [0.15, 0.2) is 48.7 Å². The zero-order valence-corrected chi connectivity index (χ0v) is 10.5. The van der Waals surface area contributed by atoms with Crippen molar-refractivity contribution in [1.82, 2.24) is 4.98 Å². The predicted octanol–water partition coefficient (Wildman–Crippen LogP) is 4.20. The summed E-state index contributed by atoms with van der Waals surface area (Å²) in [5, 5.41) is 3.75. The normalized spacial score (nSPS) is 10.9. The molecule has 0 saturated heterocycles. The van der Waals surface area contributed by atoms with Crippen LogP contribution >= 0.6 is 11.3 Å². The smallest absolute Gasteiger partial charge is 0.0896 e. The summed E-state index contributed by atoms with van der Waals surface area (Å²) in [6, 6.07) is 15.1. The molecule has 2 heteroatoms. The zero-order valence-electron chi connectivity index (χ0n) is 9.68. The Kier molecular flexibility index (Phi) is 2.65. The predicted molar refractivity (Wildman–Crippen MR) is 73.6 cm³/mol. The topological polar surface area (TPSA) is 12.9 Å². The Labute approximate surface area is 105 Å². The molecule has 0 aliphatic heterocycles. The van der Waals surface area contributed by atoms with Gasteiger partial charge >= 0.3 is 0 Å². The van der Waals surface area contributed by atoms with Gasteiger partial charge in [0.05, 0.1) is 5.01 Å². The largest absolute Gasteiger partial charge is 0.250 e. The number of hydrogen-bond acceptors (Lipinski definition) is 2. The standard InChI is InChI=1S/C15H13NS/c1-11-16-10-15(17-11)9-12-6-7-13-4-2-3-5-14(13)8-12/h2-8,10H,9H2,1H3. The summed E-state index contributed by atoms with van der Waals surface area (Å²) in [7, 11) is 0. The van der Waals surface area contributed by atoms with Crippen molar-refractivity contribution in [1.29, 1.82) is 0 Å². The molecule has 3 aromatic rings. The minimum atomic E-state index is 0.982. The van der Waals surface area contributed by atoms with E-state index in [-0.39, 0.29) is 0 Å². The Morgan fingerprint density at radius 3 is 2.65 bits per heavy atom. The Morgan fingerprint density at radius 1 is 1.06 bits per heavy atom. The molecule has 1 heterocycles. The van der Waals surface area contributed by atoms with Gasteiger partial charge in [-0.3, -0.25) is 0 Å². The first-order valence-electron chi connectivity index (χ1n) is 5.70. The molecule has 0 N–H and O–H groups in total. The van der Waals surface area contributed by atoms with Gasteiger partial charge in [-0.05, 0) is 23.3 Å². The van der Waals surface area contributed by atoms with Crippen molar-refractivity contribution in [2.45, 2.75) is 13.3 Å². The van der Waals surface area contributed by atoms with Crippen LogP contribution in [0.5, 0.6) is 0 Å². The molecule has 0 atom stereocenters. The summed E-state index contributed by atoms with van der Waals surface area (Å²) >= 11 is 1.78. The quantitative estimate of drug-likeness (QED) is 0.653. The molecule has 2 aromatic carbocycles. The zero-order chi connectivity index (χ0) is 11.7. The van der Waals surface area contributed by atoms with E-state index in [1.165, 1.54) is 21.2 Å². The summed E-state index contributed by atoms with van der Waals surface area (Å²) < 4.78 is 0. The van der Waals surface area contributed by atoms with Crippen LogP contribution in [0.25, 0.3) is 10.8 Å². The number of nitrogens with zero attached hydrogens (tertiary/aromatic N) is 1. The minimum Gasteiger partial charge on any atom is -0.250 e. The molecular weight excluding hydrogens is 226 g/mol. The van der Waals surface area contributed by atoms with Crippen molar-refractivity contribution >= 4 is 22.1 Å². The molecule has 84 valence electrons. The maximum absolute atomic E-state index is 4.29. The third kappa shape index (κ3) is 2.22. The Morgan fingerprint density at radius 2 is 1.88 bits per heavy atom. The highest BCUT2D eigenvalue weighted by atomic mass is 32.1. The van der Waals surface area contributed by atoms with Crippen LogP contribution in [0, 0.1) is 6.92 Å². The van der Waals surface area contributed by atoms with Crippen molar-refractivity contribution in [3.8, 4) is 0 Å². The highest BCUT2D eigenvalue weighted by Gasteiger charge is 2.01. The fraction of sp³-hybridized carbons (Fsp3) is 0.133. The Balaban J connectivity index is 1.95. The first-order chi connectivity index (χ1) is 8.31. The van der Waals surface area contributed by atoms with Gasteiger partial charge in [0.15, 0.2) is 0 Å². The molecule has 1 nitrogen and oxygen atoms in total. The molecule has 0 saturated carbocycles. The molecule has 0 radical (unpaired) electrons. The Hall–Kier alpha value is -1.67. The molecule has 0 amide bonds. The maximum Gasteiger partial charge on any atom is 0.0896 e. The molecule has 3 rings (SSSR count). The van der Waals surface area contributed by atoms with Gasteiger partial charge in [-0.1, -0.05) is 42.5 Å². The first-order valence-corrected chi connectivity index (χ1v) is 6.52. The number of fused-ring (bicyclic) bond motifs is 1. The number of benzene rings is 2. The summed E-state index contributed by atoms with van der Waals surface area (Å²) in [6.45, 7) is 2.05. The van der Waals surface area contributed by atoms with Crippen LogP contribution in [-0.4, -0.2) is 4.98 Å². The minimum absolute atomic E-state index is 0.982. The summed E-state index contributed by atoms with van der Waals surface area (Å²) in [5.74, 6) is 0. The van der Waals surface area contributed by atoms with Crippen molar-refractivity contribution in [2.75, 3.05) is 0 Å². The van der Waals surface area contributed by atoms with Crippen molar-refractivity contribution < 1.29 is 0 Å². The summed E-state index contributed by atoms with van der Waals surface area (Å²) in [5.41, 5.74) is 1.35. The van der Waals surface area contributed by atoms with Gasteiger partial charge in [-0.2, -0.15) is 0 Å². The molecular formula is C15H13NS. The van der Waals surface area contributed by atoms with E-state index in [9.17, 15) is 0 Å². The van der Waals surface area contributed by atoms with E-state index in [1.807, 2.05) is 6.20 Å². The lowest BCUT2D eigenvalue weighted by atomic mass is 10.0. The van der Waals surface area contributed by atoms with Gasteiger partial charge in [0.25, 0.3) is 0 Å². The van der Waals surface area contributed by atoms with Gasteiger partial charge in [0, 0.05) is 17.5 Å². The van der Waals surface area contributed by atoms with Gasteiger partial charge in [0.1, 0.15) is 0 Å². The van der Waals surface area contributed by atoms with Crippen molar-refractivity contribution in [3.05, 3.63) is 64.1 Å². The molecule has 0 spiro atoms. The van der Waals surface area contributed by atoms with Crippen LogP contribution in [0.1, 0.15) is 15.4 Å². The van der Waals surface area contributed by atoms with E-state index in [4.69, 9.17) is 0 Å². The van der Waals surface area contributed by atoms with E-state index in [0.717, 1.165) is 11.4 Å². The lowest BCUT2D eigenvalue weighted by Gasteiger charge is -2.01. The van der Waals surface area contributed by atoms with Crippen LogP contribution in [0.4, 0.5) is 0 Å². The number of thiazole rings is 1. The third-order valence-corrected chi connectivity index (χ3v) is 3.77. The average molecular weight is 239 g/mol. The number of hydrogen-bond donors (Lipinski definition) is 0. The SMILES string of the molecule is Cc1ncc(Cc2ccc3ccccc3c2)s1. The van der Waals surface area contributed by atoms with Crippen molar-refractivity contribution in [3.63, 3.8) is 0 Å². The van der Waals surface area contributed by atoms with E-state index >= 15 is 0 Å². The molecule has 0 fully saturated rings. The fourth-order valence-corrected chi connectivity index (χ4v) is 2.87. The molecule has 17 heavy (non-hydrogen) atoms. The van der Waals surface area contributed by atoms with Crippen molar-refractivity contribution in [2.24, 2.45) is 0 Å². The first kappa shape index (κ1) is 10.5. The number of rotatable bonds is 2. The summed E-state index contributed by atoms with van der Waals surface area (Å²) in [6.07, 6.45) is 2.96. The molecule has 0 aliphatic carbocycles. The van der Waals surface area contributed by atoms with Gasteiger partial charge in [0.2, 0.25) is 0 Å². The second kappa shape index (κ2) is 4.30. The molecule has 0 bridgehead atoms. The number of aryl methyl sites for hydroxylation is 1. The van der Waals surface area contributed by atoms with Crippen LogP contribution in [0.2, 0.25) is 0 Å². The second-order valence-corrected chi connectivity index (χ2v) is 5.52. The van der Waals surface area contributed by atoms with Crippen LogP contribution < -0.4 is 0 Å². The average Bonchev–Trinajstić information content (AvgIpc) is 2.75. The molecule has 0 unspecified atom stereocenters. The van der Waals surface area contributed by atoms with E-state index in [0.29, 0.717) is 0 Å². The van der Waals surface area contributed by atoms with Gasteiger partial charge in [-0.25, -0.2) is 4.98 Å². The highest BCUT2D eigenvalue weighted by Crippen LogP contribution is 2.20. The lowest BCUT2D eigenvalue weighted by Crippen LogP contribution is -1.84.